The molecule has 1 heterocycles. The predicted octanol–water partition coefficient (Wildman–Crippen LogP) is 3.90. The van der Waals surface area contributed by atoms with E-state index in [-0.39, 0.29) is 29.8 Å². The molecule has 27 heavy (non-hydrogen) atoms. The molecule has 0 bridgehead atoms. The van der Waals surface area contributed by atoms with E-state index in [2.05, 4.69) is 39.0 Å². The van der Waals surface area contributed by atoms with Crippen LogP contribution < -0.4 is 10.6 Å². The smallest absolute Gasteiger partial charge is 0.191 e. The molecule has 2 aromatic rings. The summed E-state index contributed by atoms with van der Waals surface area (Å²) >= 11 is 0. The minimum atomic E-state index is -0.189. The molecular formula is C20H31FIN5. The number of hydrogen-bond donors (Lipinski definition) is 2. The molecule has 5 nitrogen and oxygen atoms in total. The van der Waals surface area contributed by atoms with Gasteiger partial charge in [0.2, 0.25) is 0 Å². The van der Waals surface area contributed by atoms with Gasteiger partial charge in [0.25, 0.3) is 0 Å². The molecule has 2 rings (SSSR count). The van der Waals surface area contributed by atoms with E-state index in [4.69, 9.17) is 0 Å². The third-order valence-electron chi connectivity index (χ3n) is 4.08. The fraction of sp³-hybridized carbons (Fsp3) is 0.500. The molecule has 7 heteroatoms. The summed E-state index contributed by atoms with van der Waals surface area (Å²) in [6, 6.07) is 4.93. The Bertz CT molecular complexity index is 727. The van der Waals surface area contributed by atoms with E-state index in [1.54, 1.807) is 6.07 Å². The summed E-state index contributed by atoms with van der Waals surface area (Å²) < 4.78 is 15.3. The lowest BCUT2D eigenvalue weighted by molar-refractivity contribution is 0.507. The molecule has 0 aliphatic heterocycles. The van der Waals surface area contributed by atoms with Crippen LogP contribution in [0.5, 0.6) is 0 Å². The topological polar surface area (TPSA) is 54.2 Å². The van der Waals surface area contributed by atoms with Gasteiger partial charge in [0.05, 0.1) is 0 Å². The molecule has 0 aliphatic rings. The number of aryl methyl sites for hydroxylation is 1. The fourth-order valence-electron chi connectivity index (χ4n) is 2.80. The Balaban J connectivity index is 0.00000364. The number of aliphatic imine (C=N–C) groups is 1. The first-order chi connectivity index (χ1) is 12.5. The maximum absolute atomic E-state index is 13.2. The number of benzene rings is 1. The van der Waals surface area contributed by atoms with Crippen molar-refractivity contribution in [3.63, 3.8) is 0 Å². The van der Waals surface area contributed by atoms with Crippen molar-refractivity contribution in [3.8, 4) is 0 Å². The summed E-state index contributed by atoms with van der Waals surface area (Å²) in [4.78, 5) is 9.06. The molecule has 0 amide bonds. The zero-order valence-electron chi connectivity index (χ0n) is 16.6. The van der Waals surface area contributed by atoms with Gasteiger partial charge in [-0.3, -0.25) is 0 Å². The molecule has 0 aliphatic carbocycles. The van der Waals surface area contributed by atoms with Crippen LogP contribution >= 0.6 is 24.0 Å². The van der Waals surface area contributed by atoms with Crippen molar-refractivity contribution in [3.05, 3.63) is 53.4 Å². The SMILES string of the molecule is CCNC(=NCc1nccn1CC(C)C)NCCc1ccc(F)cc1C.I. The maximum Gasteiger partial charge on any atom is 0.191 e. The molecule has 0 radical (unpaired) electrons. The summed E-state index contributed by atoms with van der Waals surface area (Å²) in [5, 5.41) is 6.60. The van der Waals surface area contributed by atoms with Gasteiger partial charge < -0.3 is 15.2 Å². The average Bonchev–Trinajstić information content (AvgIpc) is 3.01. The first kappa shape index (κ1) is 23.4. The third-order valence-corrected chi connectivity index (χ3v) is 4.08. The van der Waals surface area contributed by atoms with Crippen molar-refractivity contribution < 1.29 is 4.39 Å². The number of nitrogens with zero attached hydrogens (tertiary/aromatic N) is 3. The van der Waals surface area contributed by atoms with Crippen LogP contribution in [-0.4, -0.2) is 28.6 Å². The summed E-state index contributed by atoms with van der Waals surface area (Å²) in [5.74, 6) is 2.11. The van der Waals surface area contributed by atoms with Gasteiger partial charge in [0, 0.05) is 32.0 Å². The highest BCUT2D eigenvalue weighted by Crippen LogP contribution is 2.10. The van der Waals surface area contributed by atoms with Gasteiger partial charge in [-0.05, 0) is 49.4 Å². The van der Waals surface area contributed by atoms with Crippen molar-refractivity contribution in [2.75, 3.05) is 13.1 Å². The van der Waals surface area contributed by atoms with E-state index in [0.29, 0.717) is 12.5 Å². The number of imidazole rings is 1. The molecule has 0 spiro atoms. The normalized spacial score (nSPS) is 11.4. The lowest BCUT2D eigenvalue weighted by atomic mass is 10.1. The average molecular weight is 487 g/mol. The molecule has 1 aromatic heterocycles. The van der Waals surface area contributed by atoms with E-state index in [1.165, 1.54) is 6.07 Å². The summed E-state index contributed by atoms with van der Waals surface area (Å²) in [7, 11) is 0. The van der Waals surface area contributed by atoms with Crippen LogP contribution in [0, 0.1) is 18.7 Å². The Hall–Kier alpha value is -1.64. The van der Waals surface area contributed by atoms with Crippen molar-refractivity contribution in [2.24, 2.45) is 10.9 Å². The van der Waals surface area contributed by atoms with Gasteiger partial charge in [0.1, 0.15) is 18.2 Å². The van der Waals surface area contributed by atoms with E-state index < -0.39 is 0 Å². The minimum absolute atomic E-state index is 0. The quantitative estimate of drug-likeness (QED) is 0.338. The lowest BCUT2D eigenvalue weighted by Crippen LogP contribution is -2.38. The Labute approximate surface area is 178 Å². The fourth-order valence-corrected chi connectivity index (χ4v) is 2.80. The summed E-state index contributed by atoms with van der Waals surface area (Å²) in [6.07, 6.45) is 4.64. The summed E-state index contributed by atoms with van der Waals surface area (Å²) in [5.41, 5.74) is 2.12. The Morgan fingerprint density at radius 1 is 1.30 bits per heavy atom. The predicted molar refractivity (Wildman–Crippen MR) is 120 cm³/mol. The van der Waals surface area contributed by atoms with Crippen LogP contribution in [0.1, 0.15) is 37.7 Å². The van der Waals surface area contributed by atoms with Gasteiger partial charge >= 0.3 is 0 Å². The maximum atomic E-state index is 13.2. The summed E-state index contributed by atoms with van der Waals surface area (Å²) in [6.45, 7) is 11.4. The number of rotatable bonds is 8. The third kappa shape index (κ3) is 7.86. The zero-order chi connectivity index (χ0) is 18.9. The first-order valence-electron chi connectivity index (χ1n) is 9.26. The van der Waals surface area contributed by atoms with E-state index in [0.717, 1.165) is 49.0 Å². The zero-order valence-corrected chi connectivity index (χ0v) is 19.0. The highest BCUT2D eigenvalue weighted by molar-refractivity contribution is 14.0. The molecule has 0 fully saturated rings. The lowest BCUT2D eigenvalue weighted by Gasteiger charge is -2.13. The molecule has 1 aromatic carbocycles. The molecule has 0 saturated heterocycles. The number of aromatic nitrogens is 2. The number of nitrogens with one attached hydrogen (secondary N) is 2. The largest absolute Gasteiger partial charge is 0.357 e. The Morgan fingerprint density at radius 3 is 2.74 bits per heavy atom. The van der Waals surface area contributed by atoms with Crippen LogP contribution in [0.4, 0.5) is 4.39 Å². The second-order valence-electron chi connectivity index (χ2n) is 6.83. The minimum Gasteiger partial charge on any atom is -0.357 e. The molecular weight excluding hydrogens is 456 g/mol. The van der Waals surface area contributed by atoms with E-state index in [1.807, 2.05) is 32.3 Å². The van der Waals surface area contributed by atoms with Gasteiger partial charge in [0.15, 0.2) is 5.96 Å². The van der Waals surface area contributed by atoms with Gasteiger partial charge in [-0.25, -0.2) is 14.4 Å². The van der Waals surface area contributed by atoms with E-state index >= 15 is 0 Å². The van der Waals surface area contributed by atoms with Crippen molar-refractivity contribution in [1.29, 1.82) is 0 Å². The van der Waals surface area contributed by atoms with Crippen molar-refractivity contribution >= 4 is 29.9 Å². The number of guanidine groups is 1. The van der Waals surface area contributed by atoms with Gasteiger partial charge in [-0.15, -0.1) is 24.0 Å². The van der Waals surface area contributed by atoms with Crippen LogP contribution in [0.3, 0.4) is 0 Å². The van der Waals surface area contributed by atoms with Crippen molar-refractivity contribution in [2.45, 2.75) is 47.2 Å². The van der Waals surface area contributed by atoms with E-state index in [9.17, 15) is 4.39 Å². The van der Waals surface area contributed by atoms with Crippen LogP contribution in [0.25, 0.3) is 0 Å². The second kappa shape index (κ2) is 11.9. The Morgan fingerprint density at radius 2 is 2.07 bits per heavy atom. The van der Waals surface area contributed by atoms with Gasteiger partial charge in [-0.1, -0.05) is 19.9 Å². The standard InChI is InChI=1S/C20H30FN5.HI/c1-5-22-20(24-9-8-17-6-7-18(21)12-16(17)4)25-13-19-23-10-11-26(19)14-15(2)3;/h6-7,10-12,15H,5,8-9,13-14H2,1-4H3,(H2,22,24,25);1H. The van der Waals surface area contributed by atoms with Gasteiger partial charge in [-0.2, -0.15) is 0 Å². The molecule has 0 atom stereocenters. The Kier molecular flexibility index (Phi) is 10.4. The highest BCUT2D eigenvalue weighted by Gasteiger charge is 2.06. The van der Waals surface area contributed by atoms with Crippen LogP contribution in [0.2, 0.25) is 0 Å². The number of halogens is 2. The van der Waals surface area contributed by atoms with Crippen LogP contribution in [-0.2, 0) is 19.5 Å². The number of hydrogen-bond acceptors (Lipinski definition) is 2. The van der Waals surface area contributed by atoms with Crippen LogP contribution in [0.15, 0.2) is 35.6 Å². The molecule has 2 N–H and O–H groups in total. The second-order valence-corrected chi connectivity index (χ2v) is 6.83. The van der Waals surface area contributed by atoms with Crippen molar-refractivity contribution in [1.82, 2.24) is 20.2 Å². The first-order valence-corrected chi connectivity index (χ1v) is 9.26. The molecule has 0 unspecified atom stereocenters. The molecule has 0 saturated carbocycles. The monoisotopic (exact) mass is 487 g/mol. The molecule has 150 valence electrons. The highest BCUT2D eigenvalue weighted by atomic mass is 127.